The molecule has 0 saturated carbocycles. The Kier molecular flexibility index (Phi) is 2.71. The Morgan fingerprint density at radius 1 is 1.26 bits per heavy atom. The molecule has 3 nitrogen and oxygen atoms in total. The van der Waals surface area contributed by atoms with E-state index < -0.39 is 11.4 Å². The lowest BCUT2D eigenvalue weighted by Crippen LogP contribution is -2.08. The number of allylic oxidation sites excluding steroid dienone is 4. The number of hydrogen-bond acceptors (Lipinski definition) is 3. The van der Waals surface area contributed by atoms with E-state index >= 15 is 0 Å². The smallest absolute Gasteiger partial charge is 0.344 e. The van der Waals surface area contributed by atoms with E-state index in [1.165, 1.54) is 18.2 Å². The van der Waals surface area contributed by atoms with E-state index in [2.05, 4.69) is 0 Å². The van der Waals surface area contributed by atoms with Gasteiger partial charge in [0.25, 0.3) is 0 Å². The summed E-state index contributed by atoms with van der Waals surface area (Å²) in [5.74, 6) is -0.241. The van der Waals surface area contributed by atoms with Gasteiger partial charge in [-0.2, -0.15) is 0 Å². The van der Waals surface area contributed by atoms with Crippen LogP contribution in [0.1, 0.15) is 18.4 Å². The van der Waals surface area contributed by atoms with Crippen LogP contribution in [0.4, 0.5) is 4.39 Å². The molecule has 0 amide bonds. The highest BCUT2D eigenvalue weighted by molar-refractivity contribution is 5.84. The molecule has 0 unspecified atom stereocenters. The van der Waals surface area contributed by atoms with E-state index in [1.54, 1.807) is 12.1 Å². The van der Waals surface area contributed by atoms with Crippen LogP contribution in [0.2, 0.25) is 0 Å². The Hall–Kier alpha value is -2.36. The number of fused-ring (bicyclic) bond motifs is 1. The number of hydrogen-bond donors (Lipinski definition) is 1. The van der Waals surface area contributed by atoms with Gasteiger partial charge in [-0.15, -0.1) is 0 Å². The fourth-order valence-electron chi connectivity index (χ4n) is 2.18. The largest absolute Gasteiger partial charge is 0.512 e. The molecular weight excluding hydrogens is 247 g/mol. The molecule has 0 atom stereocenters. The minimum atomic E-state index is -0.535. The molecule has 0 radical (unpaired) electrons. The SMILES string of the molecule is O=c1oc2ccc(F)cc2cc1C1=C(O)CCC=C1. The second kappa shape index (κ2) is 4.39. The minimum Gasteiger partial charge on any atom is -0.512 e. The first-order chi connectivity index (χ1) is 9.15. The molecule has 19 heavy (non-hydrogen) atoms. The summed E-state index contributed by atoms with van der Waals surface area (Å²) in [6.07, 6.45) is 4.80. The fraction of sp³-hybridized carbons (Fsp3) is 0.133. The summed E-state index contributed by atoms with van der Waals surface area (Å²) in [4.78, 5) is 11.9. The lowest BCUT2D eigenvalue weighted by atomic mass is 9.98. The second-order valence-corrected chi connectivity index (χ2v) is 4.43. The van der Waals surface area contributed by atoms with Crippen LogP contribution in [0.15, 0.2) is 51.4 Å². The van der Waals surface area contributed by atoms with Gasteiger partial charge in [0.05, 0.1) is 5.56 Å². The first-order valence-corrected chi connectivity index (χ1v) is 5.97. The molecule has 1 aliphatic rings. The number of benzene rings is 1. The van der Waals surface area contributed by atoms with E-state index in [-0.39, 0.29) is 11.3 Å². The zero-order chi connectivity index (χ0) is 13.4. The highest BCUT2D eigenvalue weighted by Crippen LogP contribution is 2.26. The lowest BCUT2D eigenvalue weighted by Gasteiger charge is -2.10. The highest BCUT2D eigenvalue weighted by Gasteiger charge is 2.15. The maximum Gasteiger partial charge on any atom is 0.344 e. The Labute approximate surface area is 108 Å². The molecule has 1 aromatic heterocycles. The van der Waals surface area contributed by atoms with Crippen LogP contribution in [-0.4, -0.2) is 5.11 Å². The molecule has 4 heteroatoms. The van der Waals surface area contributed by atoms with Gasteiger partial charge in [-0.05, 0) is 30.7 Å². The number of halogens is 1. The summed E-state index contributed by atoms with van der Waals surface area (Å²) in [6.45, 7) is 0. The third-order valence-electron chi connectivity index (χ3n) is 3.13. The topological polar surface area (TPSA) is 50.4 Å². The van der Waals surface area contributed by atoms with Crippen molar-refractivity contribution in [3.63, 3.8) is 0 Å². The molecule has 0 spiro atoms. The molecule has 0 fully saturated rings. The van der Waals surface area contributed by atoms with Crippen molar-refractivity contribution in [2.75, 3.05) is 0 Å². The third-order valence-corrected chi connectivity index (χ3v) is 3.13. The van der Waals surface area contributed by atoms with Gasteiger partial charge in [-0.1, -0.05) is 12.2 Å². The van der Waals surface area contributed by atoms with Gasteiger partial charge in [0, 0.05) is 17.4 Å². The van der Waals surface area contributed by atoms with Crippen LogP contribution >= 0.6 is 0 Å². The number of aliphatic hydroxyl groups is 1. The average molecular weight is 258 g/mol. The molecule has 0 saturated heterocycles. The highest BCUT2D eigenvalue weighted by atomic mass is 19.1. The van der Waals surface area contributed by atoms with Crippen molar-refractivity contribution in [2.45, 2.75) is 12.8 Å². The molecule has 0 bridgehead atoms. The summed E-state index contributed by atoms with van der Waals surface area (Å²) in [5.41, 5.74) is 0.500. The van der Waals surface area contributed by atoms with Gasteiger partial charge in [0.1, 0.15) is 17.2 Å². The van der Waals surface area contributed by atoms with Gasteiger partial charge < -0.3 is 9.52 Å². The molecule has 3 rings (SSSR count). The maximum atomic E-state index is 13.2. The van der Waals surface area contributed by atoms with Crippen molar-refractivity contribution in [1.82, 2.24) is 0 Å². The third kappa shape index (κ3) is 2.05. The predicted molar refractivity (Wildman–Crippen MR) is 70.4 cm³/mol. The van der Waals surface area contributed by atoms with Crippen LogP contribution in [0.3, 0.4) is 0 Å². The van der Waals surface area contributed by atoms with Crippen molar-refractivity contribution in [3.8, 4) is 0 Å². The van der Waals surface area contributed by atoms with E-state index in [1.807, 2.05) is 6.08 Å². The van der Waals surface area contributed by atoms with Crippen molar-refractivity contribution in [2.24, 2.45) is 0 Å². The second-order valence-electron chi connectivity index (χ2n) is 4.43. The van der Waals surface area contributed by atoms with Crippen LogP contribution < -0.4 is 5.63 Å². The quantitative estimate of drug-likeness (QED) is 0.796. The Morgan fingerprint density at radius 3 is 2.89 bits per heavy atom. The zero-order valence-electron chi connectivity index (χ0n) is 10.0. The molecular formula is C15H11FO3. The number of rotatable bonds is 1. The lowest BCUT2D eigenvalue weighted by molar-refractivity contribution is 0.391. The Balaban J connectivity index is 2.27. The normalized spacial score (nSPS) is 15.2. The van der Waals surface area contributed by atoms with E-state index in [4.69, 9.17) is 4.42 Å². The van der Waals surface area contributed by atoms with Gasteiger partial charge >= 0.3 is 5.63 Å². The first-order valence-electron chi connectivity index (χ1n) is 5.97. The molecule has 96 valence electrons. The summed E-state index contributed by atoms with van der Waals surface area (Å²) >= 11 is 0. The molecule has 1 N–H and O–H groups in total. The van der Waals surface area contributed by atoms with Crippen LogP contribution in [-0.2, 0) is 0 Å². The van der Waals surface area contributed by atoms with E-state index in [0.29, 0.717) is 23.0 Å². The van der Waals surface area contributed by atoms with Crippen molar-refractivity contribution in [1.29, 1.82) is 0 Å². The van der Waals surface area contributed by atoms with Gasteiger partial charge in [0.15, 0.2) is 0 Å². The van der Waals surface area contributed by atoms with Gasteiger partial charge in [-0.25, -0.2) is 9.18 Å². The van der Waals surface area contributed by atoms with Crippen LogP contribution in [0.25, 0.3) is 16.5 Å². The minimum absolute atomic E-state index is 0.158. The van der Waals surface area contributed by atoms with Crippen LogP contribution in [0, 0.1) is 5.82 Å². The molecule has 1 aromatic carbocycles. The Bertz CT molecular complexity index is 769. The first kappa shape index (κ1) is 11.7. The summed E-state index contributed by atoms with van der Waals surface area (Å²) in [7, 11) is 0. The monoisotopic (exact) mass is 258 g/mol. The Morgan fingerprint density at radius 2 is 2.11 bits per heavy atom. The standard InChI is InChI=1S/C15H11FO3/c16-10-5-6-14-9(7-10)8-12(15(18)19-14)11-3-1-2-4-13(11)17/h1,3,5-8,17H,2,4H2. The number of aliphatic hydroxyl groups excluding tert-OH is 1. The van der Waals surface area contributed by atoms with Crippen molar-refractivity contribution >= 4 is 16.5 Å². The molecule has 1 heterocycles. The average Bonchev–Trinajstić information content (AvgIpc) is 2.39. The maximum absolute atomic E-state index is 13.2. The van der Waals surface area contributed by atoms with Gasteiger partial charge in [0.2, 0.25) is 0 Å². The summed E-state index contributed by atoms with van der Waals surface area (Å²) < 4.78 is 18.3. The van der Waals surface area contributed by atoms with E-state index in [9.17, 15) is 14.3 Å². The van der Waals surface area contributed by atoms with E-state index in [0.717, 1.165) is 6.42 Å². The summed E-state index contributed by atoms with van der Waals surface area (Å²) in [5, 5.41) is 10.3. The molecule has 1 aliphatic carbocycles. The molecule has 2 aromatic rings. The summed E-state index contributed by atoms with van der Waals surface area (Å²) in [6, 6.07) is 5.50. The van der Waals surface area contributed by atoms with Crippen molar-refractivity contribution in [3.05, 3.63) is 64.0 Å². The fourth-order valence-corrected chi connectivity index (χ4v) is 2.18. The molecule has 0 aliphatic heterocycles. The zero-order valence-corrected chi connectivity index (χ0v) is 10.0. The van der Waals surface area contributed by atoms with Crippen LogP contribution in [0.5, 0.6) is 0 Å². The van der Waals surface area contributed by atoms with Crippen molar-refractivity contribution < 1.29 is 13.9 Å². The predicted octanol–water partition coefficient (Wildman–Crippen LogP) is 3.55. The van der Waals surface area contributed by atoms with Gasteiger partial charge in [-0.3, -0.25) is 0 Å².